The fraction of sp³-hybridized carbons (Fsp3) is 0.500. The van der Waals surface area contributed by atoms with Crippen LogP contribution in [0.5, 0.6) is 0 Å². The Labute approximate surface area is 125 Å². The predicted molar refractivity (Wildman–Crippen MR) is 80.8 cm³/mol. The summed E-state index contributed by atoms with van der Waals surface area (Å²) in [6.45, 7) is 3.38. The second-order valence-corrected chi connectivity index (χ2v) is 5.36. The lowest BCUT2D eigenvalue weighted by atomic mass is 9.96. The summed E-state index contributed by atoms with van der Waals surface area (Å²) >= 11 is 0. The average molecular weight is 290 g/mol. The number of esters is 1. The Kier molecular flexibility index (Phi) is 5.33. The zero-order chi connectivity index (χ0) is 15.2. The Hall–Kier alpha value is -1.88. The third-order valence-corrected chi connectivity index (χ3v) is 4.03. The van der Waals surface area contributed by atoms with Gasteiger partial charge in [0.1, 0.15) is 0 Å². The standard InChI is InChI=1S/C16H22N2O3/c1-12(15(19)17-14-6-4-3-5-7-14)18-10-8-13(9-11-18)16(20)21-2/h3-7,12-13H,8-11H2,1-2H3,(H,17,19)/t12-/m1/s1. The number of carbonyl (C=O) groups excluding carboxylic acids is 2. The highest BCUT2D eigenvalue weighted by Crippen LogP contribution is 2.20. The van der Waals surface area contributed by atoms with Crippen LogP contribution in [0.1, 0.15) is 19.8 Å². The lowest BCUT2D eigenvalue weighted by Gasteiger charge is -2.34. The van der Waals surface area contributed by atoms with Crippen LogP contribution in [0.4, 0.5) is 5.69 Å². The third kappa shape index (κ3) is 4.04. The number of ether oxygens (including phenoxy) is 1. The number of para-hydroxylation sites is 1. The van der Waals surface area contributed by atoms with Crippen molar-refractivity contribution in [1.29, 1.82) is 0 Å². The van der Waals surface area contributed by atoms with Crippen LogP contribution in [0.25, 0.3) is 0 Å². The molecule has 0 saturated carbocycles. The van der Waals surface area contributed by atoms with Gasteiger partial charge in [-0.3, -0.25) is 14.5 Å². The first-order valence-electron chi connectivity index (χ1n) is 7.29. The minimum absolute atomic E-state index is 0.0160. The topological polar surface area (TPSA) is 58.6 Å². The van der Waals surface area contributed by atoms with Gasteiger partial charge in [-0.1, -0.05) is 18.2 Å². The van der Waals surface area contributed by atoms with Crippen molar-refractivity contribution < 1.29 is 14.3 Å². The van der Waals surface area contributed by atoms with Gasteiger partial charge in [0.05, 0.1) is 19.1 Å². The molecule has 1 aromatic rings. The van der Waals surface area contributed by atoms with Gasteiger partial charge in [-0.15, -0.1) is 0 Å². The molecule has 5 nitrogen and oxygen atoms in total. The number of hydrogen-bond acceptors (Lipinski definition) is 4. The molecule has 5 heteroatoms. The minimum atomic E-state index is -0.205. The Morgan fingerprint density at radius 2 is 1.86 bits per heavy atom. The molecule has 1 N–H and O–H groups in total. The van der Waals surface area contributed by atoms with Crippen molar-refractivity contribution in [2.75, 3.05) is 25.5 Å². The van der Waals surface area contributed by atoms with E-state index < -0.39 is 0 Å². The molecule has 0 aromatic heterocycles. The van der Waals surface area contributed by atoms with Crippen LogP contribution in [-0.2, 0) is 14.3 Å². The highest BCUT2D eigenvalue weighted by Gasteiger charge is 2.30. The first-order valence-corrected chi connectivity index (χ1v) is 7.29. The van der Waals surface area contributed by atoms with E-state index >= 15 is 0 Å². The number of anilines is 1. The number of benzene rings is 1. The molecule has 1 heterocycles. The molecule has 114 valence electrons. The van der Waals surface area contributed by atoms with Gasteiger partial charge in [0.25, 0.3) is 0 Å². The largest absolute Gasteiger partial charge is 0.469 e. The van der Waals surface area contributed by atoms with Crippen molar-refractivity contribution >= 4 is 17.6 Å². The zero-order valence-corrected chi connectivity index (χ0v) is 12.5. The van der Waals surface area contributed by atoms with Crippen molar-refractivity contribution in [3.05, 3.63) is 30.3 Å². The first kappa shape index (κ1) is 15.5. The second-order valence-electron chi connectivity index (χ2n) is 5.36. The number of nitrogens with zero attached hydrogens (tertiary/aromatic N) is 1. The number of rotatable bonds is 4. The van der Waals surface area contributed by atoms with Crippen LogP contribution in [-0.4, -0.2) is 43.0 Å². The number of methoxy groups -OCH3 is 1. The lowest BCUT2D eigenvalue weighted by Crippen LogP contribution is -2.47. The van der Waals surface area contributed by atoms with Gasteiger partial charge in [-0.05, 0) is 45.0 Å². The fourth-order valence-electron chi connectivity index (χ4n) is 2.62. The van der Waals surface area contributed by atoms with E-state index in [0.29, 0.717) is 0 Å². The molecule has 1 aliphatic heterocycles. The number of nitrogens with one attached hydrogen (secondary N) is 1. The predicted octanol–water partition coefficient (Wildman–Crippen LogP) is 1.90. The molecule has 0 aliphatic carbocycles. The van der Waals surface area contributed by atoms with Crippen molar-refractivity contribution in [1.82, 2.24) is 4.90 Å². The summed E-state index contributed by atoms with van der Waals surface area (Å²) in [6, 6.07) is 9.23. The van der Waals surface area contributed by atoms with Gasteiger partial charge < -0.3 is 10.1 Å². The molecule has 0 radical (unpaired) electrons. The molecule has 1 amide bonds. The maximum absolute atomic E-state index is 12.2. The molecule has 0 spiro atoms. The Balaban J connectivity index is 1.85. The van der Waals surface area contributed by atoms with Crippen molar-refractivity contribution in [3.8, 4) is 0 Å². The van der Waals surface area contributed by atoms with E-state index in [0.717, 1.165) is 31.6 Å². The van der Waals surface area contributed by atoms with E-state index in [1.807, 2.05) is 37.3 Å². The van der Waals surface area contributed by atoms with Gasteiger partial charge in [-0.25, -0.2) is 0 Å². The summed E-state index contributed by atoms with van der Waals surface area (Å²) in [4.78, 5) is 25.8. The third-order valence-electron chi connectivity index (χ3n) is 4.03. The highest BCUT2D eigenvalue weighted by atomic mass is 16.5. The summed E-state index contributed by atoms with van der Waals surface area (Å²) in [6.07, 6.45) is 1.49. The van der Waals surface area contributed by atoms with E-state index in [1.165, 1.54) is 7.11 Å². The summed E-state index contributed by atoms with van der Waals surface area (Å²) in [5.41, 5.74) is 0.804. The smallest absolute Gasteiger partial charge is 0.308 e. The van der Waals surface area contributed by atoms with Gasteiger partial charge in [-0.2, -0.15) is 0 Å². The molecule has 0 bridgehead atoms. The average Bonchev–Trinajstić information content (AvgIpc) is 2.54. The summed E-state index contributed by atoms with van der Waals surface area (Å²) < 4.78 is 4.78. The SMILES string of the molecule is COC(=O)C1CCN([C@H](C)C(=O)Nc2ccccc2)CC1. The van der Waals surface area contributed by atoms with Crippen LogP contribution >= 0.6 is 0 Å². The van der Waals surface area contributed by atoms with E-state index in [4.69, 9.17) is 4.74 Å². The normalized spacial score (nSPS) is 18.0. The van der Waals surface area contributed by atoms with E-state index in [2.05, 4.69) is 10.2 Å². The Morgan fingerprint density at radius 1 is 1.24 bits per heavy atom. The van der Waals surface area contributed by atoms with Crippen LogP contribution < -0.4 is 5.32 Å². The van der Waals surface area contributed by atoms with Gasteiger partial charge in [0.2, 0.25) is 5.91 Å². The summed E-state index contributed by atoms with van der Waals surface area (Å²) in [5.74, 6) is -0.190. The molecule has 2 rings (SSSR count). The minimum Gasteiger partial charge on any atom is -0.469 e. The van der Waals surface area contributed by atoms with Gasteiger partial charge in [0.15, 0.2) is 0 Å². The number of hydrogen-bond donors (Lipinski definition) is 1. The van der Waals surface area contributed by atoms with Crippen LogP contribution in [0.2, 0.25) is 0 Å². The summed E-state index contributed by atoms with van der Waals surface area (Å²) in [7, 11) is 1.42. The number of carbonyl (C=O) groups is 2. The quantitative estimate of drug-likeness (QED) is 0.860. The maximum atomic E-state index is 12.2. The molecular formula is C16H22N2O3. The van der Waals surface area contributed by atoms with E-state index in [9.17, 15) is 9.59 Å². The van der Waals surface area contributed by atoms with E-state index in [-0.39, 0.29) is 23.8 Å². The Bertz CT molecular complexity index is 482. The molecule has 0 unspecified atom stereocenters. The maximum Gasteiger partial charge on any atom is 0.308 e. The zero-order valence-electron chi connectivity index (χ0n) is 12.5. The molecule has 1 aromatic carbocycles. The van der Waals surface area contributed by atoms with Crippen LogP contribution in [0.3, 0.4) is 0 Å². The lowest BCUT2D eigenvalue weighted by molar-refractivity contribution is -0.147. The van der Waals surface area contributed by atoms with Gasteiger partial charge >= 0.3 is 5.97 Å². The van der Waals surface area contributed by atoms with Crippen LogP contribution in [0.15, 0.2) is 30.3 Å². The van der Waals surface area contributed by atoms with E-state index in [1.54, 1.807) is 0 Å². The molecule has 1 atom stereocenters. The van der Waals surface area contributed by atoms with Crippen molar-refractivity contribution in [2.24, 2.45) is 5.92 Å². The number of likely N-dealkylation sites (tertiary alicyclic amines) is 1. The molecule has 1 saturated heterocycles. The molecule has 1 aliphatic rings. The van der Waals surface area contributed by atoms with Crippen molar-refractivity contribution in [2.45, 2.75) is 25.8 Å². The second kappa shape index (κ2) is 7.22. The highest BCUT2D eigenvalue weighted by molar-refractivity contribution is 5.94. The molecule has 21 heavy (non-hydrogen) atoms. The fourth-order valence-corrected chi connectivity index (χ4v) is 2.62. The number of amides is 1. The van der Waals surface area contributed by atoms with Gasteiger partial charge in [0, 0.05) is 5.69 Å². The first-order chi connectivity index (χ1) is 10.1. The molecule has 1 fully saturated rings. The molecular weight excluding hydrogens is 268 g/mol. The van der Waals surface area contributed by atoms with Crippen molar-refractivity contribution in [3.63, 3.8) is 0 Å². The van der Waals surface area contributed by atoms with Crippen LogP contribution in [0, 0.1) is 5.92 Å². The monoisotopic (exact) mass is 290 g/mol. The summed E-state index contributed by atoms with van der Waals surface area (Å²) in [5, 5.41) is 2.91. The number of piperidine rings is 1. The Morgan fingerprint density at radius 3 is 2.43 bits per heavy atom.